The lowest BCUT2D eigenvalue weighted by Crippen LogP contribution is -2.32. The number of amides is 1. The number of fused-ring (bicyclic) bond motifs is 1. The van der Waals surface area contributed by atoms with E-state index in [2.05, 4.69) is 15.6 Å². The fourth-order valence-corrected chi connectivity index (χ4v) is 2.32. The van der Waals surface area contributed by atoms with Crippen LogP contribution in [0.2, 0.25) is 0 Å². The number of carbonyl (C=O) groups is 1. The summed E-state index contributed by atoms with van der Waals surface area (Å²) in [5, 5.41) is 18.2. The molecule has 0 bridgehead atoms. The van der Waals surface area contributed by atoms with Gasteiger partial charge < -0.3 is 20.7 Å². The van der Waals surface area contributed by atoms with Crippen LogP contribution in [0.15, 0.2) is 11.6 Å². The van der Waals surface area contributed by atoms with Gasteiger partial charge in [-0.2, -0.15) is 9.38 Å². The van der Waals surface area contributed by atoms with Gasteiger partial charge in [-0.15, -0.1) is 0 Å². The largest absolute Gasteiger partial charge is 0.372 e. The highest BCUT2D eigenvalue weighted by Crippen LogP contribution is 2.27. The van der Waals surface area contributed by atoms with E-state index in [1.807, 2.05) is 13.8 Å². The van der Waals surface area contributed by atoms with Gasteiger partial charge in [-0.25, -0.2) is 0 Å². The van der Waals surface area contributed by atoms with E-state index in [-0.39, 0.29) is 24.1 Å². The molecular weight excluding hydrogens is 282 g/mol. The average molecular weight is 297 g/mol. The van der Waals surface area contributed by atoms with Gasteiger partial charge >= 0.3 is 5.82 Å². The van der Waals surface area contributed by atoms with Crippen molar-refractivity contribution in [2.75, 3.05) is 18.4 Å². The SMILES string of the molecule is CC(C)CNC(=O)CNc1nc2sccn2c1[N+](=O)[O-]. The van der Waals surface area contributed by atoms with Crippen LogP contribution in [-0.4, -0.2) is 33.3 Å². The van der Waals surface area contributed by atoms with E-state index in [4.69, 9.17) is 0 Å². The van der Waals surface area contributed by atoms with Crippen molar-refractivity contribution in [2.24, 2.45) is 5.92 Å². The molecule has 2 aromatic rings. The first-order chi connectivity index (χ1) is 9.49. The molecule has 8 nitrogen and oxygen atoms in total. The lowest BCUT2D eigenvalue weighted by molar-refractivity contribution is -0.389. The Balaban J connectivity index is 2.06. The molecule has 0 spiro atoms. The predicted molar refractivity (Wildman–Crippen MR) is 76.1 cm³/mol. The van der Waals surface area contributed by atoms with Crippen molar-refractivity contribution >= 4 is 33.8 Å². The summed E-state index contributed by atoms with van der Waals surface area (Å²) in [7, 11) is 0. The lowest BCUT2D eigenvalue weighted by Gasteiger charge is -2.07. The number of thiazole rings is 1. The Kier molecular flexibility index (Phi) is 4.18. The van der Waals surface area contributed by atoms with Crippen LogP contribution in [0.1, 0.15) is 13.8 Å². The topological polar surface area (TPSA) is 102 Å². The fraction of sp³-hybridized carbons (Fsp3) is 0.455. The molecule has 0 aliphatic rings. The molecule has 2 rings (SSSR count). The summed E-state index contributed by atoms with van der Waals surface area (Å²) in [4.78, 5) is 26.8. The van der Waals surface area contributed by atoms with Crippen LogP contribution in [0.4, 0.5) is 11.6 Å². The minimum atomic E-state index is -0.513. The van der Waals surface area contributed by atoms with Gasteiger partial charge in [0.25, 0.3) is 4.96 Å². The number of aromatic nitrogens is 2. The molecule has 20 heavy (non-hydrogen) atoms. The van der Waals surface area contributed by atoms with E-state index in [0.29, 0.717) is 17.4 Å². The van der Waals surface area contributed by atoms with Gasteiger partial charge in [0.1, 0.15) is 6.20 Å². The van der Waals surface area contributed by atoms with Crippen molar-refractivity contribution < 1.29 is 9.72 Å². The first-order valence-electron chi connectivity index (χ1n) is 6.09. The minimum Gasteiger partial charge on any atom is -0.358 e. The number of hydrogen-bond donors (Lipinski definition) is 2. The van der Waals surface area contributed by atoms with Crippen LogP contribution >= 0.6 is 11.3 Å². The van der Waals surface area contributed by atoms with Gasteiger partial charge in [-0.1, -0.05) is 25.2 Å². The van der Waals surface area contributed by atoms with Crippen LogP contribution in [0.3, 0.4) is 0 Å². The van der Waals surface area contributed by atoms with Crippen molar-refractivity contribution in [3.8, 4) is 0 Å². The number of imidazole rings is 1. The Bertz CT molecular complexity index is 633. The maximum atomic E-state index is 11.6. The molecule has 108 valence electrons. The van der Waals surface area contributed by atoms with Crippen LogP contribution in [0.5, 0.6) is 0 Å². The lowest BCUT2D eigenvalue weighted by atomic mass is 10.2. The van der Waals surface area contributed by atoms with Crippen LogP contribution in [0, 0.1) is 16.0 Å². The third-order valence-electron chi connectivity index (χ3n) is 2.53. The van der Waals surface area contributed by atoms with E-state index in [1.54, 1.807) is 11.6 Å². The molecule has 0 atom stereocenters. The highest BCUT2D eigenvalue weighted by Gasteiger charge is 2.23. The molecule has 0 aliphatic carbocycles. The smallest absolute Gasteiger partial charge is 0.358 e. The van der Waals surface area contributed by atoms with E-state index in [1.165, 1.54) is 15.7 Å². The molecule has 2 heterocycles. The highest BCUT2D eigenvalue weighted by molar-refractivity contribution is 7.15. The number of carbonyl (C=O) groups excluding carboxylic acids is 1. The van der Waals surface area contributed by atoms with Crippen LogP contribution in [0.25, 0.3) is 4.96 Å². The van der Waals surface area contributed by atoms with E-state index in [0.717, 1.165) is 0 Å². The van der Waals surface area contributed by atoms with Crippen LogP contribution in [-0.2, 0) is 4.79 Å². The molecule has 0 aliphatic heterocycles. The molecule has 2 N–H and O–H groups in total. The predicted octanol–water partition coefficient (Wildman–Crippen LogP) is 1.49. The maximum absolute atomic E-state index is 11.6. The zero-order valence-corrected chi connectivity index (χ0v) is 11.9. The summed E-state index contributed by atoms with van der Waals surface area (Å²) in [6.07, 6.45) is 1.58. The van der Waals surface area contributed by atoms with Crippen molar-refractivity contribution in [2.45, 2.75) is 13.8 Å². The Labute approximate surface area is 119 Å². The van der Waals surface area contributed by atoms with E-state index < -0.39 is 4.92 Å². The molecule has 0 radical (unpaired) electrons. The number of nitro groups is 1. The molecule has 2 aromatic heterocycles. The molecule has 0 fully saturated rings. The number of nitrogens with one attached hydrogen (secondary N) is 2. The van der Waals surface area contributed by atoms with E-state index in [9.17, 15) is 14.9 Å². The number of hydrogen-bond acceptors (Lipinski definition) is 6. The summed E-state index contributed by atoms with van der Waals surface area (Å²) in [6.45, 7) is 4.50. The molecule has 0 aromatic carbocycles. The number of rotatable bonds is 6. The van der Waals surface area contributed by atoms with Gasteiger partial charge in [0.15, 0.2) is 0 Å². The van der Waals surface area contributed by atoms with Crippen molar-refractivity contribution in [3.05, 3.63) is 21.7 Å². The normalized spacial score (nSPS) is 10.9. The minimum absolute atomic E-state index is 0.0433. The summed E-state index contributed by atoms with van der Waals surface area (Å²) >= 11 is 1.30. The van der Waals surface area contributed by atoms with Crippen molar-refractivity contribution in [1.29, 1.82) is 0 Å². The molecule has 0 saturated carbocycles. The quantitative estimate of drug-likeness (QED) is 0.621. The number of anilines is 1. The van der Waals surface area contributed by atoms with Gasteiger partial charge in [0, 0.05) is 11.9 Å². The summed E-state index contributed by atoms with van der Waals surface area (Å²) in [5.74, 6) is 0.0926. The summed E-state index contributed by atoms with van der Waals surface area (Å²) < 4.78 is 1.39. The molecular formula is C11H15N5O3S. The summed E-state index contributed by atoms with van der Waals surface area (Å²) in [6, 6.07) is 0. The van der Waals surface area contributed by atoms with Crippen molar-refractivity contribution in [3.63, 3.8) is 0 Å². The second-order valence-electron chi connectivity index (χ2n) is 4.65. The fourth-order valence-electron chi connectivity index (χ4n) is 1.61. The first kappa shape index (κ1) is 14.3. The number of nitrogens with zero attached hydrogens (tertiary/aromatic N) is 3. The Hall–Kier alpha value is -2.16. The van der Waals surface area contributed by atoms with Gasteiger partial charge in [0.05, 0.1) is 6.54 Å². The zero-order chi connectivity index (χ0) is 14.7. The van der Waals surface area contributed by atoms with Crippen LogP contribution < -0.4 is 10.6 Å². The highest BCUT2D eigenvalue weighted by atomic mass is 32.1. The molecule has 9 heteroatoms. The summed E-state index contributed by atoms with van der Waals surface area (Å²) in [5.41, 5.74) is 0. The Morgan fingerprint density at radius 1 is 1.60 bits per heavy atom. The molecule has 0 saturated heterocycles. The zero-order valence-electron chi connectivity index (χ0n) is 11.1. The Morgan fingerprint density at radius 3 is 3.00 bits per heavy atom. The maximum Gasteiger partial charge on any atom is 0.372 e. The monoisotopic (exact) mass is 297 g/mol. The van der Waals surface area contributed by atoms with Gasteiger partial charge in [-0.05, 0) is 10.8 Å². The Morgan fingerprint density at radius 2 is 2.35 bits per heavy atom. The van der Waals surface area contributed by atoms with Crippen molar-refractivity contribution in [1.82, 2.24) is 14.7 Å². The van der Waals surface area contributed by atoms with Gasteiger partial charge in [-0.3, -0.25) is 4.79 Å². The second kappa shape index (κ2) is 5.87. The van der Waals surface area contributed by atoms with E-state index >= 15 is 0 Å². The molecule has 0 unspecified atom stereocenters. The standard InChI is InChI=1S/C11H15N5O3S/c1-7(2)5-12-8(17)6-13-9-10(16(18)19)15-3-4-20-11(15)14-9/h3-4,7,13H,5-6H2,1-2H3,(H,12,17). The average Bonchev–Trinajstić information content (AvgIpc) is 2.92. The third-order valence-corrected chi connectivity index (χ3v) is 3.29. The molecule has 1 amide bonds. The van der Waals surface area contributed by atoms with Gasteiger partial charge in [0.2, 0.25) is 11.7 Å². The first-order valence-corrected chi connectivity index (χ1v) is 6.97. The second-order valence-corrected chi connectivity index (χ2v) is 5.52. The third kappa shape index (κ3) is 3.05.